The fraction of sp³-hybridized carbons (Fsp3) is 0.500. The maximum atomic E-state index is 10.7. The standard InChI is InChI=1S/C8H12O4/c1-4-11-5-6(2)12-8(10)7(3)9/h4,6H,1,5H2,2-3H3. The van der Waals surface area contributed by atoms with Gasteiger partial charge in [0, 0.05) is 6.92 Å². The Morgan fingerprint density at radius 1 is 1.58 bits per heavy atom. The molecule has 0 aromatic heterocycles. The van der Waals surface area contributed by atoms with Crippen molar-refractivity contribution in [3.8, 4) is 0 Å². The number of rotatable bonds is 5. The van der Waals surface area contributed by atoms with Gasteiger partial charge < -0.3 is 9.47 Å². The third-order valence-corrected chi connectivity index (χ3v) is 1.04. The second-order valence-corrected chi connectivity index (χ2v) is 2.27. The van der Waals surface area contributed by atoms with Crippen LogP contribution < -0.4 is 0 Å². The molecule has 1 atom stereocenters. The van der Waals surface area contributed by atoms with Crippen molar-refractivity contribution in [1.82, 2.24) is 0 Å². The highest BCUT2D eigenvalue weighted by Gasteiger charge is 2.13. The molecule has 0 aliphatic carbocycles. The molecule has 0 spiro atoms. The Balaban J connectivity index is 3.68. The Morgan fingerprint density at radius 3 is 2.58 bits per heavy atom. The Kier molecular flexibility index (Phi) is 4.76. The third kappa shape index (κ3) is 4.49. The van der Waals surface area contributed by atoms with E-state index in [2.05, 4.69) is 11.3 Å². The molecule has 4 heteroatoms. The molecule has 4 nitrogen and oxygen atoms in total. The van der Waals surface area contributed by atoms with Crippen molar-refractivity contribution >= 4 is 11.8 Å². The van der Waals surface area contributed by atoms with Crippen LogP contribution in [0.1, 0.15) is 13.8 Å². The summed E-state index contributed by atoms with van der Waals surface area (Å²) in [4.78, 5) is 21.1. The lowest BCUT2D eigenvalue weighted by Gasteiger charge is -2.10. The second-order valence-electron chi connectivity index (χ2n) is 2.27. The summed E-state index contributed by atoms with van der Waals surface area (Å²) in [6.45, 7) is 6.31. The van der Waals surface area contributed by atoms with E-state index in [9.17, 15) is 9.59 Å². The number of esters is 1. The minimum atomic E-state index is -0.838. The lowest BCUT2D eigenvalue weighted by atomic mass is 10.4. The summed E-state index contributed by atoms with van der Waals surface area (Å²) >= 11 is 0. The normalized spacial score (nSPS) is 11.5. The van der Waals surface area contributed by atoms with Gasteiger partial charge in [-0.15, -0.1) is 0 Å². The molecule has 0 N–H and O–H groups in total. The average molecular weight is 172 g/mol. The maximum absolute atomic E-state index is 10.7. The van der Waals surface area contributed by atoms with Crippen molar-refractivity contribution in [2.24, 2.45) is 0 Å². The molecule has 68 valence electrons. The van der Waals surface area contributed by atoms with E-state index < -0.39 is 17.9 Å². The lowest BCUT2D eigenvalue weighted by molar-refractivity contribution is -0.157. The molecule has 12 heavy (non-hydrogen) atoms. The van der Waals surface area contributed by atoms with Gasteiger partial charge in [0.25, 0.3) is 0 Å². The van der Waals surface area contributed by atoms with E-state index in [4.69, 9.17) is 4.74 Å². The molecule has 0 aliphatic rings. The third-order valence-electron chi connectivity index (χ3n) is 1.04. The summed E-state index contributed by atoms with van der Waals surface area (Å²) in [6, 6.07) is 0. The topological polar surface area (TPSA) is 52.6 Å². The molecule has 0 saturated heterocycles. The average Bonchev–Trinajstić information content (AvgIpc) is 2.00. The Bertz CT molecular complexity index is 185. The lowest BCUT2D eigenvalue weighted by Crippen LogP contribution is -2.23. The number of carbonyl (C=O) groups is 2. The molecule has 0 aromatic rings. The molecular formula is C8H12O4. The first kappa shape index (κ1) is 10.7. The minimum absolute atomic E-state index is 0.211. The van der Waals surface area contributed by atoms with Crippen LogP contribution in [0.2, 0.25) is 0 Å². The van der Waals surface area contributed by atoms with Crippen molar-refractivity contribution in [2.75, 3.05) is 6.61 Å². The zero-order valence-corrected chi connectivity index (χ0v) is 7.20. The second kappa shape index (κ2) is 5.35. The van der Waals surface area contributed by atoms with Crippen LogP contribution in [0.25, 0.3) is 0 Å². The molecular weight excluding hydrogens is 160 g/mol. The molecule has 0 rings (SSSR count). The number of hydrogen-bond donors (Lipinski definition) is 0. The Labute approximate surface area is 71.2 Å². The first-order valence-corrected chi connectivity index (χ1v) is 3.52. The molecule has 0 saturated carbocycles. The number of Topliss-reactive ketones (excluding diaryl/α,β-unsaturated/α-hetero) is 1. The quantitative estimate of drug-likeness (QED) is 0.347. The molecule has 0 fully saturated rings. The summed E-state index contributed by atoms with van der Waals surface area (Å²) in [5.74, 6) is -1.45. The van der Waals surface area contributed by atoms with E-state index in [-0.39, 0.29) is 6.61 Å². The number of ketones is 1. The largest absolute Gasteiger partial charge is 0.498 e. The molecule has 0 aliphatic heterocycles. The summed E-state index contributed by atoms with van der Waals surface area (Å²) < 4.78 is 9.40. The van der Waals surface area contributed by atoms with E-state index in [0.29, 0.717) is 0 Å². The van der Waals surface area contributed by atoms with E-state index in [1.807, 2.05) is 0 Å². The summed E-state index contributed by atoms with van der Waals surface area (Å²) in [5, 5.41) is 0. The smallest absolute Gasteiger partial charge is 0.374 e. The predicted octanol–water partition coefficient (Wildman–Crippen LogP) is 0.667. The van der Waals surface area contributed by atoms with Crippen molar-refractivity contribution in [3.05, 3.63) is 12.8 Å². The first-order chi connectivity index (χ1) is 5.57. The van der Waals surface area contributed by atoms with E-state index in [1.165, 1.54) is 6.26 Å². The SMILES string of the molecule is C=COCC(C)OC(=O)C(C)=O. The fourth-order valence-corrected chi connectivity index (χ4v) is 0.503. The van der Waals surface area contributed by atoms with Crippen LogP contribution >= 0.6 is 0 Å². The van der Waals surface area contributed by atoms with Crippen LogP contribution in [0.3, 0.4) is 0 Å². The van der Waals surface area contributed by atoms with Gasteiger partial charge in [-0.05, 0) is 6.92 Å². The van der Waals surface area contributed by atoms with Crippen LogP contribution in [0.4, 0.5) is 0 Å². The zero-order chi connectivity index (χ0) is 9.56. The zero-order valence-electron chi connectivity index (χ0n) is 7.20. The van der Waals surface area contributed by atoms with Gasteiger partial charge in [0.15, 0.2) is 0 Å². The Morgan fingerprint density at radius 2 is 2.17 bits per heavy atom. The first-order valence-electron chi connectivity index (χ1n) is 3.52. The van der Waals surface area contributed by atoms with Crippen LogP contribution in [0.5, 0.6) is 0 Å². The molecule has 0 bridgehead atoms. The Hall–Kier alpha value is -1.32. The summed E-state index contributed by atoms with van der Waals surface area (Å²) in [5.41, 5.74) is 0. The van der Waals surface area contributed by atoms with Gasteiger partial charge in [-0.3, -0.25) is 4.79 Å². The van der Waals surface area contributed by atoms with E-state index >= 15 is 0 Å². The highest BCUT2D eigenvalue weighted by atomic mass is 16.6. The molecule has 0 amide bonds. The van der Waals surface area contributed by atoms with Gasteiger partial charge >= 0.3 is 5.97 Å². The maximum Gasteiger partial charge on any atom is 0.374 e. The van der Waals surface area contributed by atoms with Crippen LogP contribution in [-0.2, 0) is 19.1 Å². The monoisotopic (exact) mass is 172 g/mol. The minimum Gasteiger partial charge on any atom is -0.498 e. The predicted molar refractivity (Wildman–Crippen MR) is 42.4 cm³/mol. The van der Waals surface area contributed by atoms with E-state index in [0.717, 1.165) is 6.92 Å². The van der Waals surface area contributed by atoms with Crippen molar-refractivity contribution in [1.29, 1.82) is 0 Å². The molecule has 1 unspecified atom stereocenters. The number of ether oxygens (including phenoxy) is 2. The summed E-state index contributed by atoms with van der Waals surface area (Å²) in [6.07, 6.45) is 0.817. The van der Waals surface area contributed by atoms with E-state index in [1.54, 1.807) is 6.92 Å². The van der Waals surface area contributed by atoms with Crippen LogP contribution in [-0.4, -0.2) is 24.5 Å². The van der Waals surface area contributed by atoms with Gasteiger partial charge in [-0.2, -0.15) is 0 Å². The highest BCUT2D eigenvalue weighted by molar-refractivity contribution is 6.32. The molecule has 0 aromatic carbocycles. The van der Waals surface area contributed by atoms with Gasteiger partial charge in [-0.1, -0.05) is 6.58 Å². The van der Waals surface area contributed by atoms with Gasteiger partial charge in [-0.25, -0.2) is 4.79 Å². The van der Waals surface area contributed by atoms with Crippen LogP contribution in [0, 0.1) is 0 Å². The fourth-order valence-electron chi connectivity index (χ4n) is 0.503. The van der Waals surface area contributed by atoms with Crippen molar-refractivity contribution in [2.45, 2.75) is 20.0 Å². The van der Waals surface area contributed by atoms with Crippen LogP contribution in [0.15, 0.2) is 12.8 Å². The number of carbonyl (C=O) groups excluding carboxylic acids is 2. The van der Waals surface area contributed by atoms with Gasteiger partial charge in [0.2, 0.25) is 5.78 Å². The van der Waals surface area contributed by atoms with Crippen molar-refractivity contribution in [3.63, 3.8) is 0 Å². The molecule has 0 radical (unpaired) electrons. The van der Waals surface area contributed by atoms with Gasteiger partial charge in [0.05, 0.1) is 6.26 Å². The highest BCUT2D eigenvalue weighted by Crippen LogP contribution is 1.93. The molecule has 0 heterocycles. The number of hydrogen-bond acceptors (Lipinski definition) is 4. The van der Waals surface area contributed by atoms with Gasteiger partial charge in [0.1, 0.15) is 12.7 Å². The summed E-state index contributed by atoms with van der Waals surface area (Å²) in [7, 11) is 0. The van der Waals surface area contributed by atoms with Crippen molar-refractivity contribution < 1.29 is 19.1 Å².